The molecule has 0 aliphatic heterocycles. The Labute approximate surface area is 187 Å². The molecule has 1 heterocycles. The first-order valence-electron chi connectivity index (χ1n) is 11.4. The normalized spacial score (nSPS) is 21.6. The van der Waals surface area contributed by atoms with Crippen LogP contribution in [0.2, 0.25) is 0 Å². The lowest BCUT2D eigenvalue weighted by Gasteiger charge is -2.38. The van der Waals surface area contributed by atoms with E-state index in [4.69, 9.17) is 4.42 Å². The Kier molecular flexibility index (Phi) is 7.89. The van der Waals surface area contributed by atoms with Crippen LogP contribution in [0.25, 0.3) is 11.5 Å². The van der Waals surface area contributed by atoms with Gasteiger partial charge in [0.2, 0.25) is 11.8 Å². The van der Waals surface area contributed by atoms with Gasteiger partial charge in [0.15, 0.2) is 0 Å². The lowest BCUT2D eigenvalue weighted by molar-refractivity contribution is 0.156. The van der Waals surface area contributed by atoms with Crippen molar-refractivity contribution in [3.8, 4) is 11.5 Å². The van der Waals surface area contributed by atoms with Crippen molar-refractivity contribution in [1.82, 2.24) is 15.1 Å². The number of rotatable bonds is 9. The highest BCUT2D eigenvalue weighted by Crippen LogP contribution is 2.39. The summed E-state index contributed by atoms with van der Waals surface area (Å²) in [6.45, 7) is 8.78. The maximum absolute atomic E-state index is 9.24. The van der Waals surface area contributed by atoms with Crippen molar-refractivity contribution in [2.45, 2.75) is 33.6 Å². The number of nitrogens with zero attached hydrogens (tertiary/aromatic N) is 4. The van der Waals surface area contributed by atoms with Crippen LogP contribution in [0.15, 0.2) is 40.3 Å². The van der Waals surface area contributed by atoms with Gasteiger partial charge in [-0.25, -0.2) is 0 Å². The number of anilines is 1. The molecule has 0 saturated carbocycles. The summed E-state index contributed by atoms with van der Waals surface area (Å²) in [6, 6.07) is 8.18. The molecule has 6 heteroatoms. The van der Waals surface area contributed by atoms with Crippen LogP contribution in [-0.2, 0) is 6.42 Å². The molecule has 1 aliphatic carbocycles. The molecule has 0 fully saturated rings. The lowest BCUT2D eigenvalue weighted by Crippen LogP contribution is -2.36. The van der Waals surface area contributed by atoms with E-state index in [2.05, 4.69) is 66.0 Å². The summed E-state index contributed by atoms with van der Waals surface area (Å²) in [5, 5.41) is 17.9. The van der Waals surface area contributed by atoms with Crippen molar-refractivity contribution < 1.29 is 9.52 Å². The highest BCUT2D eigenvalue weighted by molar-refractivity contribution is 5.58. The largest absolute Gasteiger partial charge is 0.421 e. The minimum atomic E-state index is 0.207. The molecule has 0 radical (unpaired) electrons. The van der Waals surface area contributed by atoms with Crippen LogP contribution in [0.4, 0.5) is 5.69 Å². The minimum Gasteiger partial charge on any atom is -0.421 e. The number of aliphatic hydroxyl groups is 1. The molecule has 31 heavy (non-hydrogen) atoms. The lowest BCUT2D eigenvalue weighted by atomic mass is 9.69. The van der Waals surface area contributed by atoms with Crippen LogP contribution in [0, 0.1) is 23.7 Å². The maximum atomic E-state index is 9.24. The molecule has 170 valence electrons. The molecule has 1 aromatic carbocycles. The topological polar surface area (TPSA) is 65.6 Å². The highest BCUT2D eigenvalue weighted by Gasteiger charge is 2.33. The Balaban J connectivity index is 1.71. The Morgan fingerprint density at radius 1 is 1.13 bits per heavy atom. The summed E-state index contributed by atoms with van der Waals surface area (Å²) in [4.78, 5) is 4.30. The van der Waals surface area contributed by atoms with Gasteiger partial charge in [0.1, 0.15) is 0 Å². The summed E-state index contributed by atoms with van der Waals surface area (Å²) in [6.07, 6.45) is 4.37. The molecule has 3 rings (SSSR count). The van der Waals surface area contributed by atoms with Crippen LogP contribution in [0.1, 0.15) is 33.1 Å². The molecule has 1 N–H and O–H groups in total. The SMILES string of the molecule is CC1=C[C@@H](CN(C)CCO)[C@H](C(C)C)C[C@H]1Cc1nnc(-c2ccc(N(C)C)cc2)o1. The summed E-state index contributed by atoms with van der Waals surface area (Å²) in [5.74, 6) is 3.45. The Hall–Kier alpha value is -2.18. The third-order valence-corrected chi connectivity index (χ3v) is 6.61. The smallest absolute Gasteiger partial charge is 0.247 e. The van der Waals surface area contributed by atoms with E-state index in [9.17, 15) is 5.11 Å². The zero-order valence-electron chi connectivity index (χ0n) is 19.9. The number of allylic oxidation sites excluding steroid dienone is 1. The number of aliphatic hydroxyl groups excluding tert-OH is 1. The summed E-state index contributed by atoms with van der Waals surface area (Å²) < 4.78 is 6.04. The third kappa shape index (κ3) is 5.95. The fraction of sp³-hybridized carbons (Fsp3) is 0.600. The zero-order valence-corrected chi connectivity index (χ0v) is 19.9. The van der Waals surface area contributed by atoms with Gasteiger partial charge in [0.05, 0.1) is 6.61 Å². The quantitative estimate of drug-likeness (QED) is 0.609. The molecule has 0 saturated heterocycles. The molecule has 0 unspecified atom stereocenters. The number of benzene rings is 1. The average Bonchev–Trinajstić information content (AvgIpc) is 3.18. The number of likely N-dealkylation sites (N-methyl/N-ethyl adjacent to an activating group) is 1. The van der Waals surface area contributed by atoms with Crippen LogP contribution in [-0.4, -0.2) is 61.0 Å². The number of hydrogen-bond donors (Lipinski definition) is 1. The van der Waals surface area contributed by atoms with E-state index >= 15 is 0 Å². The molecular formula is C25H38N4O2. The predicted octanol–water partition coefficient (Wildman–Crippen LogP) is 4.12. The van der Waals surface area contributed by atoms with Gasteiger partial charge < -0.3 is 19.3 Å². The second-order valence-corrected chi connectivity index (χ2v) is 9.55. The molecule has 0 spiro atoms. The van der Waals surface area contributed by atoms with E-state index in [-0.39, 0.29) is 6.61 Å². The first-order valence-corrected chi connectivity index (χ1v) is 11.4. The van der Waals surface area contributed by atoms with E-state index in [1.807, 2.05) is 26.2 Å². The second kappa shape index (κ2) is 10.4. The van der Waals surface area contributed by atoms with Gasteiger partial charge in [-0.2, -0.15) is 0 Å². The van der Waals surface area contributed by atoms with Crippen molar-refractivity contribution in [2.24, 2.45) is 23.7 Å². The van der Waals surface area contributed by atoms with Crippen molar-refractivity contribution in [2.75, 3.05) is 45.7 Å². The van der Waals surface area contributed by atoms with E-state index in [1.54, 1.807) is 0 Å². The molecular weight excluding hydrogens is 388 g/mol. The molecule has 0 amide bonds. The van der Waals surface area contributed by atoms with Gasteiger partial charge in [-0.05, 0) is 68.3 Å². The first-order chi connectivity index (χ1) is 14.8. The molecule has 6 nitrogen and oxygen atoms in total. The highest BCUT2D eigenvalue weighted by atomic mass is 16.4. The summed E-state index contributed by atoms with van der Waals surface area (Å²) >= 11 is 0. The number of aromatic nitrogens is 2. The molecule has 1 aromatic heterocycles. The Morgan fingerprint density at radius 3 is 2.45 bits per heavy atom. The van der Waals surface area contributed by atoms with E-state index in [0.717, 1.165) is 37.2 Å². The standard InChI is InChI=1S/C25H38N4O2/c1-17(2)23-14-20(18(3)13-21(23)16-29(6)11-12-30)15-24-26-27-25(31-24)19-7-9-22(10-8-19)28(4)5/h7-10,13,17,20-21,23,30H,11-12,14-16H2,1-6H3/t20-,21-,23-/m0/s1. The van der Waals surface area contributed by atoms with Gasteiger partial charge in [-0.3, -0.25) is 0 Å². The van der Waals surface area contributed by atoms with Crippen LogP contribution >= 0.6 is 0 Å². The predicted molar refractivity (Wildman–Crippen MR) is 126 cm³/mol. The third-order valence-electron chi connectivity index (χ3n) is 6.61. The fourth-order valence-electron chi connectivity index (χ4n) is 4.67. The van der Waals surface area contributed by atoms with Crippen LogP contribution in [0.5, 0.6) is 0 Å². The fourth-order valence-corrected chi connectivity index (χ4v) is 4.67. The minimum absolute atomic E-state index is 0.207. The van der Waals surface area contributed by atoms with Crippen LogP contribution in [0.3, 0.4) is 0 Å². The van der Waals surface area contributed by atoms with Crippen LogP contribution < -0.4 is 4.90 Å². The molecule has 0 bridgehead atoms. The zero-order chi connectivity index (χ0) is 22.5. The monoisotopic (exact) mass is 426 g/mol. The van der Waals surface area contributed by atoms with Crippen molar-refractivity contribution in [1.29, 1.82) is 0 Å². The van der Waals surface area contributed by atoms with Gasteiger partial charge in [-0.15, -0.1) is 10.2 Å². The first kappa shape index (κ1) is 23.5. The van der Waals surface area contributed by atoms with Gasteiger partial charge in [0, 0.05) is 44.9 Å². The van der Waals surface area contributed by atoms with Gasteiger partial charge in [0.25, 0.3) is 0 Å². The van der Waals surface area contributed by atoms with Crippen molar-refractivity contribution in [3.63, 3.8) is 0 Å². The van der Waals surface area contributed by atoms with Crippen molar-refractivity contribution in [3.05, 3.63) is 41.8 Å². The molecule has 3 atom stereocenters. The Bertz CT molecular complexity index is 857. The second-order valence-electron chi connectivity index (χ2n) is 9.55. The molecule has 1 aliphatic rings. The summed E-state index contributed by atoms with van der Waals surface area (Å²) in [7, 11) is 6.15. The number of hydrogen-bond acceptors (Lipinski definition) is 6. The van der Waals surface area contributed by atoms with E-state index in [1.165, 1.54) is 5.57 Å². The molecule has 2 aromatic rings. The van der Waals surface area contributed by atoms with E-state index < -0.39 is 0 Å². The van der Waals surface area contributed by atoms with Gasteiger partial charge in [-0.1, -0.05) is 25.5 Å². The Morgan fingerprint density at radius 2 is 1.84 bits per heavy atom. The average molecular weight is 427 g/mol. The van der Waals surface area contributed by atoms with E-state index in [0.29, 0.717) is 35.5 Å². The van der Waals surface area contributed by atoms with Crippen molar-refractivity contribution >= 4 is 5.69 Å². The van der Waals surface area contributed by atoms with Gasteiger partial charge >= 0.3 is 0 Å². The maximum Gasteiger partial charge on any atom is 0.247 e. The summed E-state index contributed by atoms with van der Waals surface area (Å²) in [5.41, 5.74) is 3.51.